The largest absolute Gasteiger partial charge is 0.495 e. The lowest BCUT2D eigenvalue weighted by Gasteiger charge is -2.17. The molecule has 0 radical (unpaired) electrons. The van der Waals surface area contributed by atoms with Crippen LogP contribution in [0.5, 0.6) is 17.2 Å². The number of thioether (sulfide) groups is 1. The van der Waals surface area contributed by atoms with Gasteiger partial charge in [-0.25, -0.2) is 0 Å². The molecule has 0 unspecified atom stereocenters. The average molecular weight is 521 g/mol. The number of nitrogens with zero attached hydrogens (tertiary/aromatic N) is 1. The molecule has 3 aromatic carbocycles. The van der Waals surface area contributed by atoms with E-state index >= 15 is 0 Å². The van der Waals surface area contributed by atoms with Gasteiger partial charge in [0.1, 0.15) is 5.75 Å². The number of rotatable bonds is 8. The number of para-hydroxylation sites is 3. The number of benzene rings is 3. The van der Waals surface area contributed by atoms with Crippen molar-refractivity contribution >= 4 is 57.6 Å². The first kappa shape index (κ1) is 25.3. The Bertz CT molecular complexity index is 1360. The third-order valence-corrected chi connectivity index (χ3v) is 6.69. The van der Waals surface area contributed by atoms with Crippen LogP contribution in [0.15, 0.2) is 71.6 Å². The van der Waals surface area contributed by atoms with Crippen molar-refractivity contribution in [2.45, 2.75) is 6.92 Å². The topological polar surface area (TPSA) is 77.1 Å². The van der Waals surface area contributed by atoms with Crippen molar-refractivity contribution < 1.29 is 23.8 Å². The number of nitrogens with one attached hydrogen (secondary N) is 1. The molecule has 184 valence electrons. The second kappa shape index (κ2) is 11.3. The maximum absolute atomic E-state index is 13.2. The molecular formula is C27H24N2O5S2. The summed E-state index contributed by atoms with van der Waals surface area (Å²) in [7, 11) is 3.06. The molecule has 0 saturated carbocycles. The van der Waals surface area contributed by atoms with Crippen LogP contribution in [0.25, 0.3) is 6.08 Å². The van der Waals surface area contributed by atoms with Crippen molar-refractivity contribution in [3.05, 3.63) is 82.8 Å². The summed E-state index contributed by atoms with van der Waals surface area (Å²) in [5.41, 5.74) is 3.02. The standard InChI is InChI=1S/C27H24N2O5S2/c1-17-8-4-5-9-19(17)28-25(30)16-34-22-13-12-18(14-23(22)33-3)15-24-26(31)29(27(35)36-24)20-10-6-7-11-21(20)32-2/h4-15H,16H2,1-3H3,(H,28,30)/b24-15+. The van der Waals surface area contributed by atoms with E-state index in [0.29, 0.717) is 32.2 Å². The van der Waals surface area contributed by atoms with Crippen LogP contribution in [-0.2, 0) is 9.59 Å². The average Bonchev–Trinajstić information content (AvgIpc) is 3.16. The molecular weight excluding hydrogens is 496 g/mol. The third kappa shape index (κ3) is 5.53. The summed E-state index contributed by atoms with van der Waals surface area (Å²) in [5.74, 6) is 0.894. The molecule has 2 amide bonds. The normalized spacial score (nSPS) is 14.2. The first-order valence-corrected chi connectivity index (χ1v) is 12.2. The van der Waals surface area contributed by atoms with Crippen molar-refractivity contribution in [1.29, 1.82) is 0 Å². The second-order valence-corrected chi connectivity index (χ2v) is 9.43. The highest BCUT2D eigenvalue weighted by Crippen LogP contribution is 2.40. The van der Waals surface area contributed by atoms with Crippen LogP contribution in [0, 0.1) is 6.92 Å². The molecule has 0 atom stereocenters. The highest BCUT2D eigenvalue weighted by Gasteiger charge is 2.34. The lowest BCUT2D eigenvalue weighted by molar-refractivity contribution is -0.118. The third-order valence-electron chi connectivity index (χ3n) is 5.38. The lowest BCUT2D eigenvalue weighted by atomic mass is 10.1. The minimum Gasteiger partial charge on any atom is -0.495 e. The summed E-state index contributed by atoms with van der Waals surface area (Å²) in [6, 6.07) is 20.0. The SMILES string of the molecule is COc1cc(/C=C2/SC(=S)N(c3ccccc3OC)C2=O)ccc1OCC(=O)Nc1ccccc1C. The number of hydrogen-bond donors (Lipinski definition) is 1. The van der Waals surface area contributed by atoms with Gasteiger partial charge in [0, 0.05) is 5.69 Å². The number of methoxy groups -OCH3 is 2. The first-order valence-electron chi connectivity index (χ1n) is 11.0. The lowest BCUT2D eigenvalue weighted by Crippen LogP contribution is -2.27. The van der Waals surface area contributed by atoms with Crippen molar-refractivity contribution in [2.24, 2.45) is 0 Å². The molecule has 1 heterocycles. The Morgan fingerprint density at radius 3 is 2.47 bits per heavy atom. The van der Waals surface area contributed by atoms with Crippen molar-refractivity contribution in [2.75, 3.05) is 31.0 Å². The Hall–Kier alpha value is -3.82. The van der Waals surface area contributed by atoms with Gasteiger partial charge in [-0.05, 0) is 54.5 Å². The number of aryl methyl sites for hydroxylation is 1. The van der Waals surface area contributed by atoms with Gasteiger partial charge in [-0.3, -0.25) is 14.5 Å². The van der Waals surface area contributed by atoms with E-state index in [1.165, 1.54) is 23.8 Å². The first-order chi connectivity index (χ1) is 17.4. The smallest absolute Gasteiger partial charge is 0.270 e. The van der Waals surface area contributed by atoms with E-state index < -0.39 is 0 Å². The fourth-order valence-corrected chi connectivity index (χ4v) is 4.86. The minimum atomic E-state index is -0.282. The maximum Gasteiger partial charge on any atom is 0.270 e. The Balaban J connectivity index is 1.47. The maximum atomic E-state index is 13.2. The van der Waals surface area contributed by atoms with Crippen LogP contribution in [0.3, 0.4) is 0 Å². The van der Waals surface area contributed by atoms with E-state index in [1.807, 2.05) is 43.3 Å². The summed E-state index contributed by atoms with van der Waals surface area (Å²) in [4.78, 5) is 27.4. The number of carbonyl (C=O) groups is 2. The van der Waals surface area contributed by atoms with Gasteiger partial charge in [-0.15, -0.1) is 0 Å². The molecule has 0 aromatic heterocycles. The predicted octanol–water partition coefficient (Wildman–Crippen LogP) is 5.44. The van der Waals surface area contributed by atoms with Gasteiger partial charge in [-0.1, -0.05) is 60.4 Å². The number of ether oxygens (including phenoxy) is 3. The fraction of sp³-hybridized carbons (Fsp3) is 0.148. The van der Waals surface area contributed by atoms with Crippen LogP contribution in [0.1, 0.15) is 11.1 Å². The van der Waals surface area contributed by atoms with Crippen LogP contribution >= 0.6 is 24.0 Å². The summed E-state index contributed by atoms with van der Waals surface area (Å²) in [6.45, 7) is 1.74. The summed E-state index contributed by atoms with van der Waals surface area (Å²) in [5, 5.41) is 2.83. The van der Waals surface area contributed by atoms with Crippen molar-refractivity contribution in [3.8, 4) is 17.2 Å². The van der Waals surface area contributed by atoms with E-state index in [-0.39, 0.29) is 18.4 Å². The minimum absolute atomic E-state index is 0.179. The number of carbonyl (C=O) groups excluding carboxylic acids is 2. The molecule has 36 heavy (non-hydrogen) atoms. The Kier molecular flexibility index (Phi) is 7.92. The van der Waals surface area contributed by atoms with E-state index in [0.717, 1.165) is 16.8 Å². The molecule has 1 aliphatic heterocycles. The molecule has 1 N–H and O–H groups in total. The molecule has 9 heteroatoms. The molecule has 1 saturated heterocycles. The zero-order valence-electron chi connectivity index (χ0n) is 19.9. The van der Waals surface area contributed by atoms with Gasteiger partial charge < -0.3 is 19.5 Å². The van der Waals surface area contributed by atoms with E-state index in [9.17, 15) is 9.59 Å². The Morgan fingerprint density at radius 1 is 1.00 bits per heavy atom. The van der Waals surface area contributed by atoms with Crippen molar-refractivity contribution in [3.63, 3.8) is 0 Å². The zero-order chi connectivity index (χ0) is 25.7. The predicted molar refractivity (Wildman–Crippen MR) is 147 cm³/mol. The molecule has 3 aromatic rings. The molecule has 0 spiro atoms. The van der Waals surface area contributed by atoms with E-state index in [4.69, 9.17) is 26.4 Å². The van der Waals surface area contributed by atoms with Gasteiger partial charge in [0.05, 0.1) is 24.8 Å². The molecule has 7 nitrogen and oxygen atoms in total. The van der Waals surface area contributed by atoms with Crippen LogP contribution in [0.4, 0.5) is 11.4 Å². The van der Waals surface area contributed by atoms with Crippen molar-refractivity contribution in [1.82, 2.24) is 0 Å². The number of amides is 2. The second-order valence-electron chi connectivity index (χ2n) is 7.75. The van der Waals surface area contributed by atoms with E-state index in [1.54, 1.807) is 43.5 Å². The molecule has 0 aliphatic carbocycles. The molecule has 1 fully saturated rings. The van der Waals surface area contributed by atoms with E-state index in [2.05, 4.69) is 5.32 Å². The summed E-state index contributed by atoms with van der Waals surface area (Å²) in [6.07, 6.45) is 1.74. The van der Waals surface area contributed by atoms with Crippen LogP contribution < -0.4 is 24.4 Å². The Labute approximate surface area is 219 Å². The van der Waals surface area contributed by atoms with Crippen LogP contribution in [-0.4, -0.2) is 37.0 Å². The zero-order valence-corrected chi connectivity index (χ0v) is 21.6. The van der Waals surface area contributed by atoms with Gasteiger partial charge in [0.25, 0.3) is 11.8 Å². The quantitative estimate of drug-likeness (QED) is 0.313. The molecule has 1 aliphatic rings. The molecule has 4 rings (SSSR count). The van der Waals surface area contributed by atoms with Gasteiger partial charge >= 0.3 is 0 Å². The van der Waals surface area contributed by atoms with Gasteiger partial charge in [0.15, 0.2) is 22.4 Å². The summed E-state index contributed by atoms with van der Waals surface area (Å²) < 4.78 is 17.0. The summed E-state index contributed by atoms with van der Waals surface area (Å²) >= 11 is 6.69. The monoisotopic (exact) mass is 520 g/mol. The number of anilines is 2. The van der Waals surface area contributed by atoms with Gasteiger partial charge in [0.2, 0.25) is 0 Å². The Morgan fingerprint density at radius 2 is 1.72 bits per heavy atom. The molecule has 0 bridgehead atoms. The number of thiocarbonyl (C=S) groups is 1. The highest BCUT2D eigenvalue weighted by molar-refractivity contribution is 8.27. The fourth-order valence-electron chi connectivity index (χ4n) is 3.58. The number of hydrogen-bond acceptors (Lipinski definition) is 7. The van der Waals surface area contributed by atoms with Gasteiger partial charge in [-0.2, -0.15) is 0 Å². The van der Waals surface area contributed by atoms with Crippen LogP contribution in [0.2, 0.25) is 0 Å². The highest BCUT2D eigenvalue weighted by atomic mass is 32.2.